The fraction of sp³-hybridized carbons (Fsp3) is 0.333. The van der Waals surface area contributed by atoms with E-state index in [4.69, 9.17) is 27.1 Å². The van der Waals surface area contributed by atoms with Crippen molar-refractivity contribution in [3.05, 3.63) is 76.5 Å². The highest BCUT2D eigenvalue weighted by Crippen LogP contribution is 2.41. The van der Waals surface area contributed by atoms with Gasteiger partial charge in [-0.05, 0) is 63.4 Å². The zero-order valence-corrected chi connectivity index (χ0v) is 22.0. The maximum absolute atomic E-state index is 14.5. The molecule has 2 aromatic heterocycles. The lowest BCUT2D eigenvalue weighted by atomic mass is 9.97. The number of fused-ring (bicyclic) bond motifs is 1. The van der Waals surface area contributed by atoms with Gasteiger partial charge in [-0.15, -0.1) is 0 Å². The van der Waals surface area contributed by atoms with E-state index in [1.165, 1.54) is 36.5 Å². The van der Waals surface area contributed by atoms with Crippen molar-refractivity contribution in [2.75, 3.05) is 13.2 Å². The molecular formula is C30H32ClFN4O. The fourth-order valence-electron chi connectivity index (χ4n) is 5.14. The van der Waals surface area contributed by atoms with Gasteiger partial charge in [0.25, 0.3) is 0 Å². The highest BCUT2D eigenvalue weighted by molar-refractivity contribution is 6.34. The second kappa shape index (κ2) is 11.1. The number of aromatic nitrogens is 2. The zero-order chi connectivity index (χ0) is 25.9. The van der Waals surface area contributed by atoms with E-state index in [0.717, 1.165) is 40.7 Å². The number of halogens is 2. The molecule has 192 valence electrons. The van der Waals surface area contributed by atoms with Gasteiger partial charge in [-0.3, -0.25) is 9.97 Å². The van der Waals surface area contributed by atoms with Crippen molar-refractivity contribution >= 4 is 22.5 Å². The third-order valence-corrected chi connectivity index (χ3v) is 7.30. The summed E-state index contributed by atoms with van der Waals surface area (Å²) >= 11 is 6.66. The summed E-state index contributed by atoms with van der Waals surface area (Å²) in [6, 6.07) is 12.1. The minimum atomic E-state index is -0.449. The van der Waals surface area contributed by atoms with Crippen LogP contribution in [0.3, 0.4) is 0 Å². The van der Waals surface area contributed by atoms with Crippen LogP contribution in [-0.4, -0.2) is 29.2 Å². The Hall–Kier alpha value is -3.06. The van der Waals surface area contributed by atoms with Crippen molar-refractivity contribution in [1.29, 1.82) is 0 Å². The Bertz CT molecular complexity index is 1420. The van der Waals surface area contributed by atoms with E-state index in [2.05, 4.69) is 42.3 Å². The largest absolute Gasteiger partial charge is 0.492 e. The Balaban J connectivity index is 1.61. The van der Waals surface area contributed by atoms with E-state index >= 15 is 0 Å². The molecule has 0 radical (unpaired) electrons. The molecule has 0 spiro atoms. The second-order valence-electron chi connectivity index (χ2n) is 9.87. The van der Waals surface area contributed by atoms with Crippen LogP contribution in [0.25, 0.3) is 33.2 Å². The van der Waals surface area contributed by atoms with Crippen molar-refractivity contribution < 1.29 is 9.13 Å². The van der Waals surface area contributed by atoms with Gasteiger partial charge in [0.2, 0.25) is 0 Å². The highest BCUT2D eigenvalue weighted by Gasteiger charge is 2.18. The van der Waals surface area contributed by atoms with Gasteiger partial charge in [0.1, 0.15) is 11.6 Å². The lowest BCUT2D eigenvalue weighted by Gasteiger charge is -2.24. The molecular weight excluding hydrogens is 487 g/mol. The number of nitrogens with zero attached hydrogens (tertiary/aromatic N) is 2. The van der Waals surface area contributed by atoms with Gasteiger partial charge < -0.3 is 15.8 Å². The normalized spacial score (nSPS) is 15.8. The fourth-order valence-corrected chi connectivity index (χ4v) is 5.41. The van der Waals surface area contributed by atoms with E-state index in [1.807, 2.05) is 18.3 Å². The molecule has 1 atom stereocenters. The third-order valence-electron chi connectivity index (χ3n) is 6.99. The molecule has 0 aliphatic carbocycles. The molecule has 5 rings (SSSR count). The third kappa shape index (κ3) is 5.61. The van der Waals surface area contributed by atoms with E-state index in [-0.39, 0.29) is 12.2 Å². The molecule has 1 unspecified atom stereocenters. The van der Waals surface area contributed by atoms with Crippen LogP contribution in [0, 0.1) is 19.7 Å². The molecule has 1 aliphatic heterocycles. The predicted octanol–water partition coefficient (Wildman–Crippen LogP) is 6.74. The summed E-state index contributed by atoms with van der Waals surface area (Å²) in [4.78, 5) is 8.92. The number of piperidine rings is 1. The van der Waals surface area contributed by atoms with Gasteiger partial charge in [-0.1, -0.05) is 47.3 Å². The summed E-state index contributed by atoms with van der Waals surface area (Å²) in [5.74, 6) is 0.311. The van der Waals surface area contributed by atoms with E-state index in [9.17, 15) is 4.39 Å². The summed E-state index contributed by atoms with van der Waals surface area (Å²) in [6.07, 6.45) is 8.04. The number of nitrogens with one attached hydrogen (secondary N) is 1. The van der Waals surface area contributed by atoms with E-state index in [0.29, 0.717) is 28.8 Å². The summed E-state index contributed by atoms with van der Waals surface area (Å²) in [7, 11) is 0. The SMILES string of the molecule is Cc1cc(C)cc(-c2cnc3cc(Cl)c(-c4cnc(CN)c(F)c4)cc3c2OCCC2CCCCN2)c1. The quantitative estimate of drug-likeness (QED) is 0.283. The van der Waals surface area contributed by atoms with Crippen LogP contribution in [0.4, 0.5) is 4.39 Å². The smallest absolute Gasteiger partial charge is 0.146 e. The van der Waals surface area contributed by atoms with Crippen molar-refractivity contribution in [3.63, 3.8) is 0 Å². The van der Waals surface area contributed by atoms with Crippen molar-refractivity contribution in [2.45, 2.75) is 52.1 Å². The lowest BCUT2D eigenvalue weighted by Crippen LogP contribution is -2.35. The van der Waals surface area contributed by atoms with Crippen LogP contribution >= 0.6 is 11.6 Å². The van der Waals surface area contributed by atoms with Crippen LogP contribution in [0.5, 0.6) is 5.75 Å². The molecule has 37 heavy (non-hydrogen) atoms. The van der Waals surface area contributed by atoms with E-state index < -0.39 is 5.82 Å². The Morgan fingerprint density at radius 1 is 1.00 bits per heavy atom. The van der Waals surface area contributed by atoms with E-state index in [1.54, 1.807) is 6.20 Å². The van der Waals surface area contributed by atoms with Crippen molar-refractivity contribution in [2.24, 2.45) is 5.73 Å². The Morgan fingerprint density at radius 3 is 2.51 bits per heavy atom. The first-order valence-corrected chi connectivity index (χ1v) is 13.2. The second-order valence-corrected chi connectivity index (χ2v) is 10.3. The Morgan fingerprint density at radius 2 is 1.81 bits per heavy atom. The van der Waals surface area contributed by atoms with Crippen LogP contribution in [0.1, 0.15) is 42.5 Å². The number of hydrogen-bond acceptors (Lipinski definition) is 5. The Labute approximate surface area is 222 Å². The van der Waals surface area contributed by atoms with Crippen LogP contribution in [0.2, 0.25) is 5.02 Å². The molecule has 1 fully saturated rings. The maximum atomic E-state index is 14.5. The van der Waals surface area contributed by atoms with Crippen LogP contribution < -0.4 is 15.8 Å². The molecule has 2 aromatic carbocycles. The molecule has 0 bridgehead atoms. The lowest BCUT2D eigenvalue weighted by molar-refractivity contribution is 0.271. The maximum Gasteiger partial charge on any atom is 0.146 e. The molecule has 1 aliphatic rings. The molecule has 5 nitrogen and oxygen atoms in total. The zero-order valence-electron chi connectivity index (χ0n) is 21.3. The number of pyridine rings is 2. The van der Waals surface area contributed by atoms with Gasteiger partial charge in [-0.25, -0.2) is 4.39 Å². The average Bonchev–Trinajstić information content (AvgIpc) is 2.88. The van der Waals surface area contributed by atoms with Crippen molar-refractivity contribution in [1.82, 2.24) is 15.3 Å². The van der Waals surface area contributed by atoms with Gasteiger partial charge >= 0.3 is 0 Å². The molecule has 1 saturated heterocycles. The molecule has 0 saturated carbocycles. The van der Waals surface area contributed by atoms with Crippen LogP contribution in [-0.2, 0) is 6.54 Å². The number of nitrogens with two attached hydrogens (primary N) is 1. The summed E-state index contributed by atoms with van der Waals surface area (Å²) in [5.41, 5.74) is 12.1. The monoisotopic (exact) mass is 518 g/mol. The van der Waals surface area contributed by atoms with Crippen LogP contribution in [0.15, 0.2) is 48.8 Å². The minimum Gasteiger partial charge on any atom is -0.492 e. The van der Waals surface area contributed by atoms with Gasteiger partial charge in [-0.2, -0.15) is 0 Å². The molecule has 7 heteroatoms. The first kappa shape index (κ1) is 25.6. The first-order valence-electron chi connectivity index (χ1n) is 12.8. The summed E-state index contributed by atoms with van der Waals surface area (Å²) in [5, 5.41) is 4.90. The van der Waals surface area contributed by atoms with Gasteiger partial charge in [0, 0.05) is 47.1 Å². The predicted molar refractivity (Wildman–Crippen MR) is 148 cm³/mol. The Kier molecular flexibility index (Phi) is 7.70. The first-order chi connectivity index (χ1) is 17.9. The molecule has 0 amide bonds. The average molecular weight is 519 g/mol. The number of benzene rings is 2. The highest BCUT2D eigenvalue weighted by atomic mass is 35.5. The molecule has 4 aromatic rings. The number of aryl methyl sites for hydroxylation is 2. The molecule has 3 N–H and O–H groups in total. The number of ether oxygens (including phenoxy) is 1. The minimum absolute atomic E-state index is 0.0363. The van der Waals surface area contributed by atoms with Gasteiger partial charge in [0.15, 0.2) is 0 Å². The van der Waals surface area contributed by atoms with Gasteiger partial charge in [0.05, 0.1) is 22.8 Å². The molecule has 3 heterocycles. The summed E-state index contributed by atoms with van der Waals surface area (Å²) < 4.78 is 21.1. The topological polar surface area (TPSA) is 73.1 Å². The number of rotatable bonds is 7. The summed E-state index contributed by atoms with van der Waals surface area (Å²) in [6.45, 7) is 5.85. The standard InChI is InChI=1S/C30H32ClFN4O/c1-18-9-19(2)11-20(10-18)25-17-36-28-14-26(31)23(21-12-27(32)29(15-33)35-16-21)13-24(28)30(25)37-8-6-22-5-3-4-7-34-22/h9-14,16-17,22,34H,3-8,15,33H2,1-2H3. The number of hydrogen-bond donors (Lipinski definition) is 2. The van der Waals surface area contributed by atoms with Crippen molar-refractivity contribution in [3.8, 4) is 28.0 Å².